The molecule has 0 aliphatic heterocycles. The molecule has 20 heavy (non-hydrogen) atoms. The quantitative estimate of drug-likeness (QED) is 0.792. The molecule has 0 saturated carbocycles. The number of anilines is 3. The molecule has 106 valence electrons. The molecule has 0 radical (unpaired) electrons. The monoisotopic (exact) mass is 272 g/mol. The largest absolute Gasteiger partial charge is 0.383 e. The number of aromatic nitrogens is 2. The summed E-state index contributed by atoms with van der Waals surface area (Å²) in [4.78, 5) is 8.43. The van der Waals surface area contributed by atoms with E-state index in [2.05, 4.69) is 46.6 Å². The molecule has 0 unspecified atom stereocenters. The van der Waals surface area contributed by atoms with E-state index in [1.807, 2.05) is 12.1 Å². The Morgan fingerprint density at radius 1 is 1.10 bits per heavy atom. The Morgan fingerprint density at radius 2 is 1.80 bits per heavy atom. The fourth-order valence-corrected chi connectivity index (χ4v) is 1.94. The lowest BCUT2D eigenvalue weighted by molar-refractivity contribution is 0.210. The fraction of sp³-hybridized carbons (Fsp3) is 0.333. The minimum atomic E-state index is 0.643. The van der Waals surface area contributed by atoms with Gasteiger partial charge in [0.15, 0.2) is 0 Å². The van der Waals surface area contributed by atoms with E-state index in [0.29, 0.717) is 6.61 Å². The topological polar surface area (TPSA) is 59.1 Å². The van der Waals surface area contributed by atoms with Gasteiger partial charge in [-0.25, -0.2) is 9.97 Å². The Balaban J connectivity index is 2.11. The molecule has 0 atom stereocenters. The van der Waals surface area contributed by atoms with Crippen molar-refractivity contribution >= 4 is 17.3 Å². The van der Waals surface area contributed by atoms with Crippen molar-refractivity contribution in [2.24, 2.45) is 0 Å². The normalized spacial score (nSPS) is 10.3. The second kappa shape index (κ2) is 6.86. The van der Waals surface area contributed by atoms with Gasteiger partial charge in [-0.2, -0.15) is 0 Å². The maximum Gasteiger partial charge on any atom is 0.135 e. The summed E-state index contributed by atoms with van der Waals surface area (Å²) in [7, 11) is 1.68. The SMILES string of the molecule is COCCNc1cc(Nc2c(C)cccc2C)ncn1. The van der Waals surface area contributed by atoms with Gasteiger partial charge in [0, 0.05) is 25.4 Å². The van der Waals surface area contributed by atoms with Crippen LogP contribution in [0.5, 0.6) is 0 Å². The molecule has 0 aliphatic rings. The third kappa shape index (κ3) is 3.68. The standard InChI is InChI=1S/C15H20N4O/c1-11-5-4-6-12(2)15(11)19-14-9-13(17-10-18-14)16-7-8-20-3/h4-6,9-10H,7-8H2,1-3H3,(H2,16,17,18,19). The maximum absolute atomic E-state index is 5.00. The molecule has 0 amide bonds. The number of ether oxygens (including phenoxy) is 1. The minimum Gasteiger partial charge on any atom is -0.383 e. The van der Waals surface area contributed by atoms with Crippen LogP contribution in [-0.4, -0.2) is 30.2 Å². The fourth-order valence-electron chi connectivity index (χ4n) is 1.94. The summed E-state index contributed by atoms with van der Waals surface area (Å²) in [6.45, 7) is 5.52. The predicted molar refractivity (Wildman–Crippen MR) is 81.6 cm³/mol. The number of nitrogens with zero attached hydrogens (tertiary/aromatic N) is 2. The molecule has 5 heteroatoms. The number of hydrogen-bond acceptors (Lipinski definition) is 5. The van der Waals surface area contributed by atoms with Crippen LogP contribution in [0.3, 0.4) is 0 Å². The highest BCUT2D eigenvalue weighted by atomic mass is 16.5. The number of hydrogen-bond donors (Lipinski definition) is 2. The molecule has 1 heterocycles. The third-order valence-corrected chi connectivity index (χ3v) is 3.01. The van der Waals surface area contributed by atoms with Gasteiger partial charge in [-0.05, 0) is 25.0 Å². The third-order valence-electron chi connectivity index (χ3n) is 3.01. The van der Waals surface area contributed by atoms with Crippen LogP contribution >= 0.6 is 0 Å². The number of nitrogens with one attached hydrogen (secondary N) is 2. The number of aryl methyl sites for hydroxylation is 2. The molecule has 1 aromatic carbocycles. The maximum atomic E-state index is 5.00. The molecule has 0 aliphatic carbocycles. The average Bonchev–Trinajstić information content (AvgIpc) is 2.44. The van der Waals surface area contributed by atoms with E-state index in [-0.39, 0.29) is 0 Å². The van der Waals surface area contributed by atoms with Crippen LogP contribution in [-0.2, 0) is 4.74 Å². The summed E-state index contributed by atoms with van der Waals surface area (Å²) in [5.41, 5.74) is 3.48. The van der Waals surface area contributed by atoms with Gasteiger partial charge in [0.2, 0.25) is 0 Å². The van der Waals surface area contributed by atoms with Crippen LogP contribution in [0.2, 0.25) is 0 Å². The van der Waals surface area contributed by atoms with E-state index in [4.69, 9.17) is 4.74 Å². The lowest BCUT2D eigenvalue weighted by Gasteiger charge is -2.12. The van der Waals surface area contributed by atoms with Gasteiger partial charge in [0.25, 0.3) is 0 Å². The van der Waals surface area contributed by atoms with Crippen molar-refractivity contribution in [2.45, 2.75) is 13.8 Å². The zero-order valence-electron chi connectivity index (χ0n) is 12.1. The summed E-state index contributed by atoms with van der Waals surface area (Å²) >= 11 is 0. The summed E-state index contributed by atoms with van der Waals surface area (Å²) in [6.07, 6.45) is 1.55. The van der Waals surface area contributed by atoms with Crippen molar-refractivity contribution in [3.05, 3.63) is 41.7 Å². The lowest BCUT2D eigenvalue weighted by Crippen LogP contribution is -2.09. The van der Waals surface area contributed by atoms with Crippen LogP contribution < -0.4 is 10.6 Å². The molecular weight excluding hydrogens is 252 g/mol. The highest BCUT2D eigenvalue weighted by Crippen LogP contribution is 2.23. The summed E-state index contributed by atoms with van der Waals surface area (Å²) < 4.78 is 5.00. The summed E-state index contributed by atoms with van der Waals surface area (Å²) in [5, 5.41) is 6.53. The Morgan fingerprint density at radius 3 is 2.50 bits per heavy atom. The van der Waals surface area contributed by atoms with Crippen molar-refractivity contribution in [1.82, 2.24) is 9.97 Å². The molecule has 2 aromatic rings. The molecular formula is C15H20N4O. The van der Waals surface area contributed by atoms with E-state index < -0.39 is 0 Å². The Bertz CT molecular complexity index is 551. The van der Waals surface area contributed by atoms with E-state index in [1.165, 1.54) is 11.1 Å². The van der Waals surface area contributed by atoms with Gasteiger partial charge < -0.3 is 15.4 Å². The van der Waals surface area contributed by atoms with Crippen LogP contribution in [0.1, 0.15) is 11.1 Å². The first-order valence-electron chi connectivity index (χ1n) is 6.59. The zero-order chi connectivity index (χ0) is 14.4. The number of benzene rings is 1. The smallest absolute Gasteiger partial charge is 0.135 e. The molecule has 0 saturated heterocycles. The molecule has 5 nitrogen and oxygen atoms in total. The van der Waals surface area contributed by atoms with Crippen LogP contribution in [0, 0.1) is 13.8 Å². The van der Waals surface area contributed by atoms with Crippen molar-refractivity contribution in [3.63, 3.8) is 0 Å². The first-order valence-corrected chi connectivity index (χ1v) is 6.59. The minimum absolute atomic E-state index is 0.643. The van der Waals surface area contributed by atoms with Gasteiger partial charge in [0.05, 0.1) is 6.61 Å². The van der Waals surface area contributed by atoms with Crippen LogP contribution in [0.15, 0.2) is 30.6 Å². The van der Waals surface area contributed by atoms with Crippen LogP contribution in [0.25, 0.3) is 0 Å². The Labute approximate surface area is 119 Å². The van der Waals surface area contributed by atoms with Gasteiger partial charge >= 0.3 is 0 Å². The van der Waals surface area contributed by atoms with Crippen LogP contribution in [0.4, 0.5) is 17.3 Å². The van der Waals surface area contributed by atoms with Gasteiger partial charge in [-0.1, -0.05) is 18.2 Å². The van der Waals surface area contributed by atoms with Crippen molar-refractivity contribution in [1.29, 1.82) is 0 Å². The second-order valence-electron chi connectivity index (χ2n) is 4.60. The molecule has 2 rings (SSSR count). The molecule has 2 N–H and O–H groups in total. The Kier molecular flexibility index (Phi) is 4.90. The number of methoxy groups -OCH3 is 1. The summed E-state index contributed by atoms with van der Waals surface area (Å²) in [5.74, 6) is 1.56. The highest BCUT2D eigenvalue weighted by Gasteiger charge is 2.04. The first kappa shape index (κ1) is 14.3. The summed E-state index contributed by atoms with van der Waals surface area (Å²) in [6, 6.07) is 8.09. The second-order valence-corrected chi connectivity index (χ2v) is 4.60. The van der Waals surface area contributed by atoms with E-state index >= 15 is 0 Å². The van der Waals surface area contributed by atoms with E-state index in [0.717, 1.165) is 23.9 Å². The first-order chi connectivity index (χ1) is 9.70. The zero-order valence-corrected chi connectivity index (χ0v) is 12.1. The lowest BCUT2D eigenvalue weighted by atomic mass is 10.1. The molecule has 0 fully saturated rings. The number of para-hydroxylation sites is 1. The average molecular weight is 272 g/mol. The highest BCUT2D eigenvalue weighted by molar-refractivity contribution is 5.65. The van der Waals surface area contributed by atoms with Crippen molar-refractivity contribution < 1.29 is 4.74 Å². The van der Waals surface area contributed by atoms with Gasteiger partial charge in [-0.3, -0.25) is 0 Å². The Hall–Kier alpha value is -2.14. The van der Waals surface area contributed by atoms with Gasteiger partial charge in [0.1, 0.15) is 18.0 Å². The van der Waals surface area contributed by atoms with Gasteiger partial charge in [-0.15, -0.1) is 0 Å². The predicted octanol–water partition coefficient (Wildman–Crippen LogP) is 2.90. The molecule has 0 bridgehead atoms. The van der Waals surface area contributed by atoms with E-state index in [1.54, 1.807) is 13.4 Å². The molecule has 1 aromatic heterocycles. The number of rotatable bonds is 6. The van der Waals surface area contributed by atoms with Crippen molar-refractivity contribution in [3.8, 4) is 0 Å². The van der Waals surface area contributed by atoms with E-state index in [9.17, 15) is 0 Å². The molecule has 0 spiro atoms. The van der Waals surface area contributed by atoms with Crippen molar-refractivity contribution in [2.75, 3.05) is 30.9 Å².